The minimum atomic E-state index is -0.123. The molecule has 2 amide bonds. The summed E-state index contributed by atoms with van der Waals surface area (Å²) in [5.74, 6) is 1.01. The maximum Gasteiger partial charge on any atom is 0.282 e. The van der Waals surface area contributed by atoms with Gasteiger partial charge in [-0.05, 0) is 37.3 Å². The largest absolute Gasteiger partial charge is 0.326 e. The lowest BCUT2D eigenvalue weighted by Crippen LogP contribution is -3.19. The Kier molecular flexibility index (Phi) is 6.03. The van der Waals surface area contributed by atoms with E-state index in [4.69, 9.17) is 0 Å². The molecule has 3 rings (SSSR count). The summed E-state index contributed by atoms with van der Waals surface area (Å²) in [6, 6.07) is 13.1. The summed E-state index contributed by atoms with van der Waals surface area (Å²) in [4.78, 5) is 30.5. The SMILES string of the molecule is CC(=O)Nc1ccc(NC(=O)[C@@H](C)[NH+]2CCN(c3cccc[nH+]3)CC2)cc1. The van der Waals surface area contributed by atoms with E-state index in [9.17, 15) is 9.59 Å². The predicted molar refractivity (Wildman–Crippen MR) is 105 cm³/mol. The summed E-state index contributed by atoms with van der Waals surface area (Å²) >= 11 is 0. The fourth-order valence-electron chi connectivity index (χ4n) is 3.32. The first kappa shape index (κ1) is 18.8. The van der Waals surface area contributed by atoms with Gasteiger partial charge in [-0.25, -0.2) is 4.98 Å². The lowest BCUT2D eigenvalue weighted by Gasteiger charge is -2.31. The minimum Gasteiger partial charge on any atom is -0.326 e. The molecule has 4 N–H and O–H groups in total. The molecule has 1 aromatic carbocycles. The smallest absolute Gasteiger partial charge is 0.282 e. The third kappa shape index (κ3) is 5.04. The number of rotatable bonds is 5. The van der Waals surface area contributed by atoms with Crippen molar-refractivity contribution in [2.75, 3.05) is 41.7 Å². The van der Waals surface area contributed by atoms with Crippen LogP contribution in [0.15, 0.2) is 48.7 Å². The van der Waals surface area contributed by atoms with Gasteiger partial charge in [-0.3, -0.25) is 14.5 Å². The number of anilines is 3. The van der Waals surface area contributed by atoms with Crippen LogP contribution in [0.4, 0.5) is 17.2 Å². The Bertz CT molecular complexity index is 771. The molecule has 0 unspecified atom stereocenters. The van der Waals surface area contributed by atoms with Gasteiger partial charge in [0.15, 0.2) is 6.04 Å². The van der Waals surface area contributed by atoms with Crippen molar-refractivity contribution in [3.05, 3.63) is 48.7 Å². The highest BCUT2D eigenvalue weighted by atomic mass is 16.2. The first-order chi connectivity index (χ1) is 13.0. The average Bonchev–Trinajstić information content (AvgIpc) is 2.69. The molecule has 1 fully saturated rings. The molecule has 7 nitrogen and oxygen atoms in total. The molecule has 1 aromatic heterocycles. The van der Waals surface area contributed by atoms with E-state index in [0.29, 0.717) is 5.69 Å². The van der Waals surface area contributed by atoms with E-state index < -0.39 is 0 Å². The minimum absolute atomic E-state index is 0.0111. The highest BCUT2D eigenvalue weighted by molar-refractivity contribution is 5.94. The number of pyridine rings is 1. The molecule has 0 aliphatic carbocycles. The molecule has 27 heavy (non-hydrogen) atoms. The zero-order valence-corrected chi connectivity index (χ0v) is 15.8. The van der Waals surface area contributed by atoms with E-state index in [1.165, 1.54) is 11.8 Å². The summed E-state index contributed by atoms with van der Waals surface area (Å²) in [6.45, 7) is 7.10. The number of hydrogen-bond acceptors (Lipinski definition) is 3. The van der Waals surface area contributed by atoms with E-state index in [1.54, 1.807) is 24.3 Å². The van der Waals surface area contributed by atoms with Gasteiger partial charge in [0.1, 0.15) is 26.2 Å². The number of piperazine rings is 1. The van der Waals surface area contributed by atoms with Crippen LogP contribution in [-0.2, 0) is 9.59 Å². The first-order valence-corrected chi connectivity index (χ1v) is 9.27. The molecular formula is C20H27N5O2+2. The fraction of sp³-hybridized carbons (Fsp3) is 0.350. The molecule has 1 saturated heterocycles. The number of hydrogen-bond donors (Lipinski definition) is 3. The summed E-state index contributed by atoms with van der Waals surface area (Å²) in [5, 5.41) is 5.68. The summed E-state index contributed by atoms with van der Waals surface area (Å²) in [7, 11) is 0. The lowest BCUT2D eigenvalue weighted by atomic mass is 10.2. The van der Waals surface area contributed by atoms with E-state index in [0.717, 1.165) is 37.7 Å². The zero-order valence-electron chi connectivity index (χ0n) is 15.8. The summed E-state index contributed by atoms with van der Waals surface area (Å²) in [5.41, 5.74) is 1.45. The van der Waals surface area contributed by atoms with Crippen LogP contribution in [0.5, 0.6) is 0 Å². The Hall–Kier alpha value is -2.93. The molecule has 142 valence electrons. The third-order valence-electron chi connectivity index (χ3n) is 4.92. The molecular weight excluding hydrogens is 342 g/mol. The molecule has 0 spiro atoms. The van der Waals surface area contributed by atoms with Gasteiger partial charge in [0, 0.05) is 24.4 Å². The number of carbonyl (C=O) groups excluding carboxylic acids is 2. The second kappa shape index (κ2) is 8.64. The molecule has 0 radical (unpaired) electrons. The van der Waals surface area contributed by atoms with Crippen molar-refractivity contribution in [1.29, 1.82) is 0 Å². The Morgan fingerprint density at radius 2 is 1.67 bits per heavy atom. The van der Waals surface area contributed by atoms with Crippen LogP contribution in [-0.4, -0.2) is 44.0 Å². The number of carbonyl (C=O) groups is 2. The number of aromatic amines is 1. The van der Waals surface area contributed by atoms with Crippen molar-refractivity contribution in [2.45, 2.75) is 19.9 Å². The van der Waals surface area contributed by atoms with Gasteiger partial charge in [-0.1, -0.05) is 6.07 Å². The molecule has 1 aliphatic rings. The second-order valence-electron chi connectivity index (χ2n) is 6.86. The van der Waals surface area contributed by atoms with E-state index in [-0.39, 0.29) is 17.9 Å². The van der Waals surface area contributed by atoms with Crippen molar-refractivity contribution in [2.24, 2.45) is 0 Å². The Balaban J connectivity index is 1.51. The predicted octanol–water partition coefficient (Wildman–Crippen LogP) is 0.191. The van der Waals surface area contributed by atoms with Crippen molar-refractivity contribution < 1.29 is 19.5 Å². The monoisotopic (exact) mass is 369 g/mol. The van der Waals surface area contributed by atoms with Crippen LogP contribution in [0.25, 0.3) is 0 Å². The molecule has 1 aliphatic heterocycles. The van der Waals surface area contributed by atoms with Crippen LogP contribution in [0.3, 0.4) is 0 Å². The van der Waals surface area contributed by atoms with Crippen molar-refractivity contribution in [1.82, 2.24) is 0 Å². The maximum atomic E-state index is 12.6. The highest BCUT2D eigenvalue weighted by Crippen LogP contribution is 2.13. The van der Waals surface area contributed by atoms with Crippen LogP contribution >= 0.6 is 0 Å². The number of aromatic nitrogens is 1. The lowest BCUT2D eigenvalue weighted by molar-refractivity contribution is -0.914. The Labute approximate surface area is 159 Å². The topological polar surface area (TPSA) is 80.0 Å². The first-order valence-electron chi connectivity index (χ1n) is 9.27. The van der Waals surface area contributed by atoms with E-state index >= 15 is 0 Å². The fourth-order valence-corrected chi connectivity index (χ4v) is 3.32. The van der Waals surface area contributed by atoms with Crippen LogP contribution in [0.1, 0.15) is 13.8 Å². The molecule has 2 aromatic rings. The Morgan fingerprint density at radius 1 is 1.04 bits per heavy atom. The van der Waals surface area contributed by atoms with Crippen molar-refractivity contribution in [3.63, 3.8) is 0 Å². The van der Waals surface area contributed by atoms with Gasteiger partial charge >= 0.3 is 0 Å². The van der Waals surface area contributed by atoms with Crippen LogP contribution in [0, 0.1) is 0 Å². The van der Waals surface area contributed by atoms with Gasteiger partial charge in [-0.15, -0.1) is 0 Å². The normalized spacial score (nSPS) is 15.9. The number of quaternary nitrogens is 1. The quantitative estimate of drug-likeness (QED) is 0.704. The summed E-state index contributed by atoms with van der Waals surface area (Å²) < 4.78 is 0. The molecule has 2 heterocycles. The van der Waals surface area contributed by atoms with Gasteiger partial charge in [-0.2, -0.15) is 0 Å². The Morgan fingerprint density at radius 3 is 2.22 bits per heavy atom. The average molecular weight is 369 g/mol. The van der Waals surface area contributed by atoms with E-state index in [2.05, 4.69) is 26.6 Å². The summed E-state index contributed by atoms with van der Waals surface area (Å²) in [6.07, 6.45) is 1.93. The van der Waals surface area contributed by atoms with Crippen LogP contribution in [0.2, 0.25) is 0 Å². The maximum absolute atomic E-state index is 12.6. The second-order valence-corrected chi connectivity index (χ2v) is 6.86. The number of amides is 2. The molecule has 7 heteroatoms. The molecule has 1 atom stereocenters. The van der Waals surface area contributed by atoms with Gasteiger partial charge in [0.05, 0.1) is 6.20 Å². The standard InChI is InChI=1S/C20H25N5O2/c1-15(20(27)23-18-8-6-17(7-9-18)22-16(2)26)24-11-13-25(14-12-24)19-5-3-4-10-21-19/h3-10,15H,11-14H2,1-2H3,(H,22,26)(H,23,27)/p+2/t15-/m1/s1. The zero-order chi connectivity index (χ0) is 19.2. The number of benzene rings is 1. The number of nitrogens with zero attached hydrogens (tertiary/aromatic N) is 1. The van der Waals surface area contributed by atoms with Gasteiger partial charge < -0.3 is 15.5 Å². The van der Waals surface area contributed by atoms with Gasteiger partial charge in [0.2, 0.25) is 5.91 Å². The molecule has 0 saturated carbocycles. The third-order valence-corrected chi connectivity index (χ3v) is 4.92. The number of H-pyrrole nitrogens is 1. The highest BCUT2D eigenvalue weighted by Gasteiger charge is 2.32. The number of nitrogens with one attached hydrogen (secondary N) is 4. The van der Waals surface area contributed by atoms with Gasteiger partial charge in [0.25, 0.3) is 11.7 Å². The molecule has 0 bridgehead atoms. The van der Waals surface area contributed by atoms with Crippen LogP contribution < -0.4 is 25.4 Å². The van der Waals surface area contributed by atoms with Crippen molar-refractivity contribution in [3.8, 4) is 0 Å². The van der Waals surface area contributed by atoms with E-state index in [1.807, 2.05) is 25.3 Å². The van der Waals surface area contributed by atoms with Crippen molar-refractivity contribution >= 4 is 29.0 Å².